The van der Waals surface area contributed by atoms with Gasteiger partial charge in [-0.15, -0.1) is 0 Å². The molecule has 0 unspecified atom stereocenters. The van der Waals surface area contributed by atoms with Gasteiger partial charge in [-0.3, -0.25) is 9.59 Å². The van der Waals surface area contributed by atoms with Crippen LogP contribution in [0.5, 0.6) is 0 Å². The van der Waals surface area contributed by atoms with Crippen molar-refractivity contribution in [2.75, 3.05) is 0 Å². The van der Waals surface area contributed by atoms with Gasteiger partial charge in [0, 0.05) is 6.07 Å². The third-order valence-corrected chi connectivity index (χ3v) is 4.70. The molecule has 114 valence electrons. The largest absolute Gasteiger partial charge is 0.287 e. The van der Waals surface area contributed by atoms with E-state index < -0.39 is 5.56 Å². The summed E-state index contributed by atoms with van der Waals surface area (Å²) in [4.78, 5) is 28.8. The van der Waals surface area contributed by atoms with Gasteiger partial charge in [0.2, 0.25) is 4.96 Å². The van der Waals surface area contributed by atoms with E-state index in [1.54, 1.807) is 0 Å². The van der Waals surface area contributed by atoms with Gasteiger partial charge in [0.15, 0.2) is 0 Å². The van der Waals surface area contributed by atoms with Crippen LogP contribution < -0.4 is 11.1 Å². The molecule has 0 aliphatic heterocycles. The van der Waals surface area contributed by atoms with Crippen molar-refractivity contribution < 1.29 is 0 Å². The fourth-order valence-electron chi connectivity index (χ4n) is 1.83. The van der Waals surface area contributed by atoms with Crippen LogP contribution in [0, 0.1) is 0 Å². The highest BCUT2D eigenvalue weighted by Gasteiger charge is 2.11. The van der Waals surface area contributed by atoms with Crippen LogP contribution in [0.4, 0.5) is 0 Å². The normalized spacial score (nSPS) is 11.2. The molecular weight excluding hydrogens is 349 g/mol. The van der Waals surface area contributed by atoms with E-state index in [0.29, 0.717) is 10.7 Å². The first kappa shape index (κ1) is 15.1. The van der Waals surface area contributed by atoms with E-state index in [1.807, 2.05) is 6.92 Å². The van der Waals surface area contributed by atoms with Crippen LogP contribution in [-0.4, -0.2) is 24.4 Å². The Morgan fingerprint density at radius 2 is 2.09 bits per heavy atom. The molecule has 3 heterocycles. The lowest BCUT2D eigenvalue weighted by Crippen LogP contribution is -2.25. The number of aryl methyl sites for hydroxylation is 1. The van der Waals surface area contributed by atoms with Gasteiger partial charge in [-0.1, -0.05) is 41.5 Å². The first-order valence-electron chi connectivity index (χ1n) is 6.29. The Balaban J connectivity index is 2.06. The van der Waals surface area contributed by atoms with E-state index in [2.05, 4.69) is 15.2 Å². The number of halogens is 2. The molecule has 7 nitrogen and oxygen atoms in total. The zero-order chi connectivity index (χ0) is 15.9. The SMILES string of the molecule is CCc1nn2c(=O)cc(Cn3ncc(Cl)c(Cl)c3=O)nc2s1. The van der Waals surface area contributed by atoms with E-state index in [1.165, 1.54) is 28.1 Å². The van der Waals surface area contributed by atoms with Crippen molar-refractivity contribution >= 4 is 39.5 Å². The zero-order valence-corrected chi connectivity index (χ0v) is 13.6. The average molecular weight is 358 g/mol. The van der Waals surface area contributed by atoms with E-state index in [0.717, 1.165) is 16.1 Å². The summed E-state index contributed by atoms with van der Waals surface area (Å²) in [5.74, 6) is 0. The smallest absolute Gasteiger partial charge is 0.267 e. The van der Waals surface area contributed by atoms with E-state index in [-0.39, 0.29) is 22.1 Å². The highest BCUT2D eigenvalue weighted by molar-refractivity contribution is 7.16. The van der Waals surface area contributed by atoms with Crippen molar-refractivity contribution in [3.05, 3.63) is 53.7 Å². The van der Waals surface area contributed by atoms with Crippen molar-refractivity contribution in [3.63, 3.8) is 0 Å². The maximum absolute atomic E-state index is 12.0. The molecule has 0 atom stereocenters. The van der Waals surface area contributed by atoms with Crippen LogP contribution >= 0.6 is 34.5 Å². The maximum Gasteiger partial charge on any atom is 0.287 e. The Bertz CT molecular complexity index is 978. The number of hydrogen-bond acceptors (Lipinski definition) is 6. The third kappa shape index (κ3) is 2.65. The first-order valence-corrected chi connectivity index (χ1v) is 7.86. The number of fused-ring (bicyclic) bond motifs is 1. The molecule has 0 fully saturated rings. The lowest BCUT2D eigenvalue weighted by Gasteiger charge is -2.04. The summed E-state index contributed by atoms with van der Waals surface area (Å²) >= 11 is 12.9. The Morgan fingerprint density at radius 1 is 1.32 bits per heavy atom. The minimum atomic E-state index is -0.533. The molecule has 0 amide bonds. The average Bonchev–Trinajstić information content (AvgIpc) is 2.92. The van der Waals surface area contributed by atoms with E-state index in [4.69, 9.17) is 23.2 Å². The van der Waals surface area contributed by atoms with Crippen molar-refractivity contribution in [3.8, 4) is 0 Å². The molecule has 0 aliphatic rings. The first-order chi connectivity index (χ1) is 10.5. The van der Waals surface area contributed by atoms with Crippen LogP contribution in [0.3, 0.4) is 0 Å². The molecule has 22 heavy (non-hydrogen) atoms. The molecule has 0 saturated carbocycles. The van der Waals surface area contributed by atoms with E-state index >= 15 is 0 Å². The van der Waals surface area contributed by atoms with E-state index in [9.17, 15) is 9.59 Å². The summed E-state index contributed by atoms with van der Waals surface area (Å²) in [6.07, 6.45) is 2.00. The second-order valence-electron chi connectivity index (χ2n) is 4.40. The summed E-state index contributed by atoms with van der Waals surface area (Å²) in [6.45, 7) is 1.98. The van der Waals surface area contributed by atoms with Crippen LogP contribution in [0.25, 0.3) is 4.96 Å². The van der Waals surface area contributed by atoms with Gasteiger partial charge in [0.1, 0.15) is 10.0 Å². The molecule has 10 heteroatoms. The highest BCUT2D eigenvalue weighted by Crippen LogP contribution is 2.15. The standard InChI is InChI=1S/C12H9Cl2N5O2S/c1-2-8-17-19-9(20)3-6(16-12(19)22-8)5-18-11(21)10(14)7(13)4-15-18/h3-4H,2,5H2,1H3. The van der Waals surface area contributed by atoms with Gasteiger partial charge in [-0.2, -0.15) is 14.7 Å². The Kier molecular flexibility index (Phi) is 3.98. The molecule has 0 aromatic carbocycles. The molecule has 3 rings (SSSR count). The minimum Gasteiger partial charge on any atom is -0.267 e. The molecule has 0 bridgehead atoms. The topological polar surface area (TPSA) is 82.2 Å². The fraction of sp³-hybridized carbons (Fsp3) is 0.250. The molecule has 0 saturated heterocycles. The van der Waals surface area contributed by atoms with Crippen LogP contribution in [-0.2, 0) is 13.0 Å². The predicted molar refractivity (Wildman–Crippen MR) is 84.1 cm³/mol. The summed E-state index contributed by atoms with van der Waals surface area (Å²) in [6, 6.07) is 1.32. The Hall–Kier alpha value is -1.77. The molecule has 3 aromatic rings. The summed E-state index contributed by atoms with van der Waals surface area (Å²) in [5.41, 5.74) is -0.428. The number of hydrogen-bond donors (Lipinski definition) is 0. The third-order valence-electron chi connectivity index (χ3n) is 2.90. The molecule has 3 aromatic heterocycles. The van der Waals surface area contributed by atoms with Gasteiger partial charge in [-0.05, 0) is 6.42 Å². The van der Waals surface area contributed by atoms with Gasteiger partial charge in [0.05, 0.1) is 23.5 Å². The Morgan fingerprint density at radius 3 is 2.82 bits per heavy atom. The molecule has 0 spiro atoms. The lowest BCUT2D eigenvalue weighted by atomic mass is 10.4. The minimum absolute atomic E-state index is 0.0286. The van der Waals surface area contributed by atoms with Crippen LogP contribution in [0.2, 0.25) is 10.0 Å². The monoisotopic (exact) mass is 357 g/mol. The highest BCUT2D eigenvalue weighted by atomic mass is 35.5. The van der Waals surface area contributed by atoms with Crippen molar-refractivity contribution in [1.29, 1.82) is 0 Å². The zero-order valence-electron chi connectivity index (χ0n) is 11.3. The van der Waals surface area contributed by atoms with Gasteiger partial charge in [0.25, 0.3) is 11.1 Å². The fourth-order valence-corrected chi connectivity index (χ4v) is 2.96. The molecule has 0 radical (unpaired) electrons. The lowest BCUT2D eigenvalue weighted by molar-refractivity contribution is 0.626. The second kappa shape index (κ2) is 5.79. The van der Waals surface area contributed by atoms with Crippen LogP contribution in [0.1, 0.15) is 17.6 Å². The maximum atomic E-state index is 12.0. The predicted octanol–water partition coefficient (Wildman–Crippen LogP) is 1.63. The molecule has 0 aliphatic carbocycles. The summed E-state index contributed by atoms with van der Waals surface area (Å²) < 4.78 is 2.35. The number of aromatic nitrogens is 5. The molecule has 0 N–H and O–H groups in total. The quantitative estimate of drug-likeness (QED) is 0.711. The summed E-state index contributed by atoms with van der Waals surface area (Å²) in [5, 5.41) is 8.84. The summed E-state index contributed by atoms with van der Waals surface area (Å²) in [7, 11) is 0. The molecular formula is C12H9Cl2N5O2S. The van der Waals surface area contributed by atoms with Crippen LogP contribution in [0.15, 0.2) is 21.9 Å². The Labute approximate surface area is 137 Å². The van der Waals surface area contributed by atoms with Crippen molar-refractivity contribution in [2.24, 2.45) is 0 Å². The number of nitrogens with zero attached hydrogens (tertiary/aromatic N) is 5. The van der Waals surface area contributed by atoms with Gasteiger partial charge < -0.3 is 0 Å². The van der Waals surface area contributed by atoms with Crippen molar-refractivity contribution in [2.45, 2.75) is 19.9 Å². The van der Waals surface area contributed by atoms with Crippen molar-refractivity contribution in [1.82, 2.24) is 24.4 Å². The number of rotatable bonds is 3. The second-order valence-corrected chi connectivity index (χ2v) is 6.22. The van der Waals surface area contributed by atoms with Gasteiger partial charge >= 0.3 is 0 Å². The van der Waals surface area contributed by atoms with Gasteiger partial charge in [-0.25, -0.2) is 9.67 Å².